The molecule has 1 saturated carbocycles. The van der Waals surface area contributed by atoms with Gasteiger partial charge in [-0.3, -0.25) is 9.59 Å². The summed E-state index contributed by atoms with van der Waals surface area (Å²) in [6, 6.07) is 3.92. The number of carbonyl (C=O) groups is 2. The summed E-state index contributed by atoms with van der Waals surface area (Å²) in [5.41, 5.74) is 1.29. The molecule has 0 aromatic carbocycles. The molecule has 2 amide bonds. The molecule has 0 unspecified atom stereocenters. The Labute approximate surface area is 177 Å². The molecular weight excluding hydrogens is 380 g/mol. The van der Waals surface area contributed by atoms with Crippen molar-refractivity contribution in [2.45, 2.75) is 70.0 Å². The van der Waals surface area contributed by atoms with E-state index in [9.17, 15) is 9.59 Å². The lowest BCUT2D eigenvalue weighted by Crippen LogP contribution is -2.65. The molecule has 2 aromatic rings. The van der Waals surface area contributed by atoms with E-state index in [1.165, 1.54) is 19.3 Å². The van der Waals surface area contributed by atoms with Gasteiger partial charge in [0.1, 0.15) is 11.2 Å². The number of aromatic nitrogens is 1. The molecule has 30 heavy (non-hydrogen) atoms. The molecule has 4 heterocycles. The van der Waals surface area contributed by atoms with Crippen molar-refractivity contribution in [1.82, 2.24) is 19.7 Å². The summed E-state index contributed by atoms with van der Waals surface area (Å²) in [6.45, 7) is 5.93. The minimum Gasteiger partial charge on any atom is -0.463 e. The van der Waals surface area contributed by atoms with E-state index in [1.54, 1.807) is 6.26 Å². The van der Waals surface area contributed by atoms with Crippen molar-refractivity contribution in [2.24, 2.45) is 0 Å². The van der Waals surface area contributed by atoms with E-state index < -0.39 is 5.54 Å². The fourth-order valence-corrected chi connectivity index (χ4v) is 5.46. The first-order valence-corrected chi connectivity index (χ1v) is 11.5. The van der Waals surface area contributed by atoms with Crippen LogP contribution in [0.15, 0.2) is 22.8 Å². The zero-order chi connectivity index (χ0) is 20.7. The van der Waals surface area contributed by atoms with Crippen molar-refractivity contribution in [2.75, 3.05) is 26.2 Å². The lowest BCUT2D eigenvalue weighted by atomic mass is 9.91. The largest absolute Gasteiger partial charge is 0.463 e. The quantitative estimate of drug-likeness (QED) is 0.820. The number of hydrogen-bond donors (Lipinski definition) is 1. The topological polar surface area (TPSA) is 70.7 Å². The van der Waals surface area contributed by atoms with Gasteiger partial charge in [0.15, 0.2) is 5.58 Å². The van der Waals surface area contributed by atoms with Crippen LogP contribution in [-0.2, 0) is 11.3 Å². The monoisotopic (exact) mass is 412 g/mol. The van der Waals surface area contributed by atoms with Crippen LogP contribution in [0.25, 0.3) is 11.1 Å². The Balaban J connectivity index is 1.44. The molecular formula is C23H32N4O3. The first kappa shape index (κ1) is 19.7. The second-order valence-corrected chi connectivity index (χ2v) is 9.37. The van der Waals surface area contributed by atoms with Crippen LogP contribution in [-0.4, -0.2) is 63.9 Å². The molecule has 3 aliphatic rings. The smallest absolute Gasteiger partial charge is 0.271 e. The molecule has 1 N–H and O–H groups in total. The highest BCUT2D eigenvalue weighted by atomic mass is 16.3. The SMILES string of the molecule is C[C@@]1(C(=O)NC2CCCCC2)Cn2c(cc3occc32)C(=O)N1CCN1CCCC1. The van der Waals surface area contributed by atoms with Crippen molar-refractivity contribution in [3.63, 3.8) is 0 Å². The van der Waals surface area contributed by atoms with Gasteiger partial charge in [-0.2, -0.15) is 0 Å². The van der Waals surface area contributed by atoms with Crippen molar-refractivity contribution in [1.29, 1.82) is 0 Å². The highest BCUT2D eigenvalue weighted by Gasteiger charge is 2.48. The third-order valence-electron chi connectivity index (χ3n) is 7.32. The lowest BCUT2D eigenvalue weighted by molar-refractivity contribution is -0.133. The van der Waals surface area contributed by atoms with Crippen molar-refractivity contribution in [3.05, 3.63) is 24.1 Å². The van der Waals surface area contributed by atoms with Crippen LogP contribution < -0.4 is 5.32 Å². The van der Waals surface area contributed by atoms with Crippen LogP contribution >= 0.6 is 0 Å². The van der Waals surface area contributed by atoms with E-state index in [0.29, 0.717) is 24.4 Å². The van der Waals surface area contributed by atoms with E-state index in [4.69, 9.17) is 4.42 Å². The van der Waals surface area contributed by atoms with Crippen molar-refractivity contribution >= 4 is 22.9 Å². The maximum Gasteiger partial charge on any atom is 0.271 e. The highest BCUT2D eigenvalue weighted by molar-refractivity contribution is 6.02. The molecule has 0 radical (unpaired) electrons. The first-order chi connectivity index (χ1) is 14.6. The minimum absolute atomic E-state index is 0.0276. The standard InChI is InChI=1S/C23H32N4O3/c1-23(22(29)24-17-7-3-2-4-8-17)16-26-18-9-14-30-20(18)15-19(26)21(28)27(23)13-12-25-10-5-6-11-25/h9,14-15,17H,2-8,10-13,16H2,1H3,(H,24,29)/t23-/m0/s1. The van der Waals surface area contributed by atoms with Gasteiger partial charge in [-0.15, -0.1) is 0 Å². The fourth-order valence-electron chi connectivity index (χ4n) is 5.46. The lowest BCUT2D eigenvalue weighted by Gasteiger charge is -2.45. The van der Waals surface area contributed by atoms with Gasteiger partial charge in [-0.05, 0) is 45.7 Å². The normalized spacial score (nSPS) is 25.8. The molecule has 2 aliphatic heterocycles. The summed E-state index contributed by atoms with van der Waals surface area (Å²) in [5.74, 6) is -0.103. The third-order valence-corrected chi connectivity index (χ3v) is 7.32. The summed E-state index contributed by atoms with van der Waals surface area (Å²) >= 11 is 0. The van der Waals surface area contributed by atoms with Gasteiger partial charge in [-0.25, -0.2) is 0 Å². The Hall–Kier alpha value is -2.28. The molecule has 2 fully saturated rings. The first-order valence-electron chi connectivity index (χ1n) is 11.5. The summed E-state index contributed by atoms with van der Waals surface area (Å²) < 4.78 is 7.51. The number of nitrogens with zero attached hydrogens (tertiary/aromatic N) is 3. The molecule has 5 rings (SSSR count). The summed E-state index contributed by atoms with van der Waals surface area (Å²) in [4.78, 5) is 31.4. The number of fused-ring (bicyclic) bond motifs is 3. The second kappa shape index (κ2) is 7.76. The average Bonchev–Trinajstić information content (AvgIpc) is 3.47. The Bertz CT molecular complexity index is 936. The molecule has 7 nitrogen and oxygen atoms in total. The Morgan fingerprint density at radius 2 is 1.93 bits per heavy atom. The van der Waals surface area contributed by atoms with Crippen LogP contribution in [0.5, 0.6) is 0 Å². The van der Waals surface area contributed by atoms with Crippen LogP contribution in [0.3, 0.4) is 0 Å². The van der Waals surface area contributed by atoms with E-state index in [0.717, 1.165) is 50.8 Å². The van der Waals surface area contributed by atoms with Gasteiger partial charge in [0.2, 0.25) is 5.91 Å². The number of furan rings is 1. The number of likely N-dealkylation sites (tertiary alicyclic amines) is 1. The predicted octanol–water partition coefficient (Wildman–Crippen LogP) is 2.99. The van der Waals surface area contributed by atoms with Crippen LogP contribution in [0.2, 0.25) is 0 Å². The molecule has 162 valence electrons. The van der Waals surface area contributed by atoms with Gasteiger partial charge in [0, 0.05) is 31.3 Å². The third kappa shape index (κ3) is 3.33. The van der Waals surface area contributed by atoms with Gasteiger partial charge >= 0.3 is 0 Å². The van der Waals surface area contributed by atoms with Gasteiger partial charge < -0.3 is 24.1 Å². The van der Waals surface area contributed by atoms with E-state index in [2.05, 4.69) is 10.2 Å². The number of carbonyl (C=O) groups excluding carboxylic acids is 2. The molecule has 1 aliphatic carbocycles. The van der Waals surface area contributed by atoms with Crippen molar-refractivity contribution in [3.8, 4) is 0 Å². The maximum atomic E-state index is 13.6. The van der Waals surface area contributed by atoms with Crippen LogP contribution in [0, 0.1) is 0 Å². The van der Waals surface area contributed by atoms with E-state index in [-0.39, 0.29) is 17.9 Å². The number of amides is 2. The van der Waals surface area contributed by atoms with Gasteiger partial charge in [0.25, 0.3) is 5.91 Å². The zero-order valence-electron chi connectivity index (χ0n) is 17.9. The van der Waals surface area contributed by atoms with Gasteiger partial charge in [-0.1, -0.05) is 19.3 Å². The summed E-state index contributed by atoms with van der Waals surface area (Å²) in [6.07, 6.45) is 9.71. The van der Waals surface area contributed by atoms with Crippen LogP contribution in [0.1, 0.15) is 62.4 Å². The number of rotatable bonds is 5. The maximum absolute atomic E-state index is 13.6. The van der Waals surface area contributed by atoms with E-state index in [1.807, 2.05) is 28.5 Å². The molecule has 0 spiro atoms. The Morgan fingerprint density at radius 1 is 1.17 bits per heavy atom. The molecule has 0 bridgehead atoms. The zero-order valence-corrected chi connectivity index (χ0v) is 17.9. The van der Waals surface area contributed by atoms with Gasteiger partial charge in [0.05, 0.1) is 18.3 Å². The molecule has 2 aromatic heterocycles. The molecule has 1 atom stereocenters. The van der Waals surface area contributed by atoms with E-state index >= 15 is 0 Å². The summed E-state index contributed by atoms with van der Waals surface area (Å²) in [5, 5.41) is 3.29. The van der Waals surface area contributed by atoms with Crippen LogP contribution in [0.4, 0.5) is 0 Å². The number of hydrogen-bond acceptors (Lipinski definition) is 4. The minimum atomic E-state index is -0.912. The highest BCUT2D eigenvalue weighted by Crippen LogP contribution is 2.33. The predicted molar refractivity (Wildman–Crippen MR) is 114 cm³/mol. The van der Waals surface area contributed by atoms with Crippen molar-refractivity contribution < 1.29 is 14.0 Å². The Kier molecular flexibility index (Phi) is 5.09. The second-order valence-electron chi connectivity index (χ2n) is 9.37. The average molecular weight is 413 g/mol. The summed E-state index contributed by atoms with van der Waals surface area (Å²) in [7, 11) is 0. The number of nitrogens with one attached hydrogen (secondary N) is 1. The molecule has 1 saturated heterocycles. The fraction of sp³-hybridized carbons (Fsp3) is 0.652. The Morgan fingerprint density at radius 3 is 2.70 bits per heavy atom. The molecule has 7 heteroatoms.